The van der Waals surface area contributed by atoms with E-state index in [1.165, 1.54) is 0 Å². The second-order valence-electron chi connectivity index (χ2n) is 3.94. The molecule has 0 aromatic carbocycles. The van der Waals surface area contributed by atoms with Crippen LogP contribution < -0.4 is 5.32 Å². The molecule has 0 bridgehead atoms. The first-order chi connectivity index (χ1) is 7.70. The Morgan fingerprint density at radius 2 is 2.19 bits per heavy atom. The van der Waals surface area contributed by atoms with E-state index >= 15 is 0 Å². The summed E-state index contributed by atoms with van der Waals surface area (Å²) in [6.07, 6.45) is 2.69. The van der Waals surface area contributed by atoms with Gasteiger partial charge in [-0.3, -0.25) is 9.78 Å². The monoisotopic (exact) mass is 221 g/mol. The lowest BCUT2D eigenvalue weighted by molar-refractivity contribution is 0.0581. The first kappa shape index (κ1) is 11.0. The van der Waals surface area contributed by atoms with Gasteiger partial charge in [-0.25, -0.2) is 0 Å². The summed E-state index contributed by atoms with van der Waals surface area (Å²) in [7, 11) is 1.71. The summed E-state index contributed by atoms with van der Waals surface area (Å²) in [5, 5.41) is 12.7. The van der Waals surface area contributed by atoms with Crippen molar-refractivity contribution < 1.29 is 9.90 Å². The topological polar surface area (TPSA) is 65.5 Å². The Bertz CT molecular complexity index is 369. The zero-order valence-electron chi connectivity index (χ0n) is 9.13. The smallest absolute Gasteiger partial charge is 0.254 e. The highest BCUT2D eigenvalue weighted by molar-refractivity contribution is 5.94. The van der Waals surface area contributed by atoms with Crippen LogP contribution in [0.1, 0.15) is 10.4 Å². The molecular formula is C11H15N3O2. The van der Waals surface area contributed by atoms with E-state index < -0.39 is 6.10 Å². The first-order valence-electron chi connectivity index (χ1n) is 5.26. The van der Waals surface area contributed by atoms with Crippen LogP contribution in [0, 0.1) is 0 Å². The van der Waals surface area contributed by atoms with Gasteiger partial charge in [0.15, 0.2) is 0 Å². The lowest BCUT2D eigenvalue weighted by atomic mass is 10.1. The third-order valence-electron chi connectivity index (χ3n) is 2.90. The SMILES string of the molecule is CN(C(=O)c1ccncc1)[C@H]1CNC[C@@H]1O. The minimum atomic E-state index is -0.490. The molecule has 0 spiro atoms. The van der Waals surface area contributed by atoms with E-state index in [0.29, 0.717) is 18.7 Å². The summed E-state index contributed by atoms with van der Waals surface area (Å²) in [4.78, 5) is 17.5. The molecule has 1 amide bonds. The lowest BCUT2D eigenvalue weighted by Gasteiger charge is -2.26. The third kappa shape index (κ3) is 2.05. The molecule has 16 heavy (non-hydrogen) atoms. The summed E-state index contributed by atoms with van der Waals surface area (Å²) in [5.41, 5.74) is 0.594. The minimum absolute atomic E-state index is 0.0878. The number of aliphatic hydroxyl groups is 1. The van der Waals surface area contributed by atoms with Crippen LogP contribution in [-0.2, 0) is 0 Å². The van der Waals surface area contributed by atoms with Gasteiger partial charge in [0.25, 0.3) is 5.91 Å². The molecule has 2 N–H and O–H groups in total. The number of amides is 1. The summed E-state index contributed by atoms with van der Waals surface area (Å²) in [6.45, 7) is 1.17. The number of nitrogens with zero attached hydrogens (tertiary/aromatic N) is 2. The number of aliphatic hydroxyl groups excluding tert-OH is 1. The van der Waals surface area contributed by atoms with Crippen molar-refractivity contribution in [2.24, 2.45) is 0 Å². The van der Waals surface area contributed by atoms with Gasteiger partial charge in [0.2, 0.25) is 0 Å². The average molecular weight is 221 g/mol. The number of nitrogens with one attached hydrogen (secondary N) is 1. The molecule has 1 saturated heterocycles. The fourth-order valence-electron chi connectivity index (χ4n) is 1.89. The van der Waals surface area contributed by atoms with E-state index in [1.54, 1.807) is 36.5 Å². The van der Waals surface area contributed by atoms with Crippen LogP contribution in [0.5, 0.6) is 0 Å². The quantitative estimate of drug-likeness (QED) is 0.705. The molecule has 2 atom stereocenters. The molecule has 0 aliphatic carbocycles. The number of likely N-dealkylation sites (N-methyl/N-ethyl adjacent to an activating group) is 1. The van der Waals surface area contributed by atoms with E-state index in [-0.39, 0.29) is 11.9 Å². The molecule has 1 aromatic rings. The average Bonchev–Trinajstić information content (AvgIpc) is 2.75. The maximum absolute atomic E-state index is 12.0. The highest BCUT2D eigenvalue weighted by Gasteiger charge is 2.31. The van der Waals surface area contributed by atoms with E-state index in [0.717, 1.165) is 0 Å². The number of carbonyl (C=O) groups is 1. The van der Waals surface area contributed by atoms with Gasteiger partial charge in [0.1, 0.15) is 0 Å². The number of β-amino-alcohol motifs (C(OH)–C–C–N with tert-alkyl or cyclic N) is 1. The van der Waals surface area contributed by atoms with Gasteiger partial charge in [-0.1, -0.05) is 0 Å². The van der Waals surface area contributed by atoms with Crippen molar-refractivity contribution in [3.05, 3.63) is 30.1 Å². The Labute approximate surface area is 94.1 Å². The highest BCUT2D eigenvalue weighted by atomic mass is 16.3. The molecular weight excluding hydrogens is 206 g/mol. The van der Waals surface area contributed by atoms with Gasteiger partial charge in [0.05, 0.1) is 12.1 Å². The second-order valence-corrected chi connectivity index (χ2v) is 3.94. The van der Waals surface area contributed by atoms with Crippen molar-refractivity contribution in [2.45, 2.75) is 12.1 Å². The Morgan fingerprint density at radius 1 is 1.50 bits per heavy atom. The van der Waals surface area contributed by atoms with Crippen molar-refractivity contribution >= 4 is 5.91 Å². The van der Waals surface area contributed by atoms with E-state index in [1.807, 2.05) is 0 Å². The van der Waals surface area contributed by atoms with Crippen LogP contribution in [0.3, 0.4) is 0 Å². The van der Waals surface area contributed by atoms with Crippen molar-refractivity contribution in [1.29, 1.82) is 0 Å². The second kappa shape index (κ2) is 4.59. The fraction of sp³-hybridized carbons (Fsp3) is 0.455. The minimum Gasteiger partial charge on any atom is -0.390 e. The lowest BCUT2D eigenvalue weighted by Crippen LogP contribution is -2.44. The predicted molar refractivity (Wildman–Crippen MR) is 59.0 cm³/mol. The Morgan fingerprint density at radius 3 is 2.75 bits per heavy atom. The van der Waals surface area contributed by atoms with Gasteiger partial charge in [0, 0.05) is 38.1 Å². The van der Waals surface area contributed by atoms with Gasteiger partial charge >= 0.3 is 0 Å². The van der Waals surface area contributed by atoms with E-state index in [9.17, 15) is 9.90 Å². The summed E-state index contributed by atoms with van der Waals surface area (Å²) in [6, 6.07) is 3.20. The Kier molecular flexibility index (Phi) is 3.17. The normalized spacial score (nSPS) is 24.4. The van der Waals surface area contributed by atoms with Gasteiger partial charge < -0.3 is 15.3 Å². The van der Waals surface area contributed by atoms with Gasteiger partial charge in [-0.15, -0.1) is 0 Å². The molecule has 5 heteroatoms. The molecule has 1 aliphatic heterocycles. The summed E-state index contributed by atoms with van der Waals surface area (Å²) >= 11 is 0. The largest absolute Gasteiger partial charge is 0.390 e. The van der Waals surface area contributed by atoms with Gasteiger partial charge in [-0.2, -0.15) is 0 Å². The van der Waals surface area contributed by atoms with Crippen LogP contribution in [0.2, 0.25) is 0 Å². The zero-order chi connectivity index (χ0) is 11.5. The van der Waals surface area contributed by atoms with Crippen molar-refractivity contribution in [3.8, 4) is 0 Å². The third-order valence-corrected chi connectivity index (χ3v) is 2.90. The molecule has 1 fully saturated rings. The van der Waals surface area contributed by atoms with Crippen molar-refractivity contribution in [3.63, 3.8) is 0 Å². The maximum atomic E-state index is 12.0. The summed E-state index contributed by atoms with van der Waals surface area (Å²) < 4.78 is 0. The van der Waals surface area contributed by atoms with Crippen molar-refractivity contribution in [1.82, 2.24) is 15.2 Å². The molecule has 0 radical (unpaired) electrons. The van der Waals surface area contributed by atoms with Crippen LogP contribution in [0.25, 0.3) is 0 Å². The number of pyridine rings is 1. The number of hydrogen-bond donors (Lipinski definition) is 2. The van der Waals surface area contributed by atoms with Crippen LogP contribution in [-0.4, -0.2) is 53.2 Å². The molecule has 86 valence electrons. The van der Waals surface area contributed by atoms with E-state index in [2.05, 4.69) is 10.3 Å². The molecule has 1 aliphatic rings. The number of carbonyl (C=O) groups excluding carboxylic acids is 1. The molecule has 0 saturated carbocycles. The van der Waals surface area contributed by atoms with Gasteiger partial charge in [-0.05, 0) is 12.1 Å². The van der Waals surface area contributed by atoms with Crippen molar-refractivity contribution in [2.75, 3.05) is 20.1 Å². The zero-order valence-corrected chi connectivity index (χ0v) is 9.13. The summed E-state index contributed by atoms with van der Waals surface area (Å²) in [5.74, 6) is -0.0878. The maximum Gasteiger partial charge on any atom is 0.254 e. The molecule has 0 unspecified atom stereocenters. The standard InChI is InChI=1S/C11H15N3O2/c1-14(9-6-13-7-10(9)15)11(16)8-2-4-12-5-3-8/h2-5,9-10,13,15H,6-7H2,1H3/t9-,10-/m0/s1. The number of aromatic nitrogens is 1. The fourth-order valence-corrected chi connectivity index (χ4v) is 1.89. The number of hydrogen-bond acceptors (Lipinski definition) is 4. The molecule has 2 heterocycles. The highest BCUT2D eigenvalue weighted by Crippen LogP contribution is 2.11. The molecule has 1 aromatic heterocycles. The molecule has 2 rings (SSSR count). The van der Waals surface area contributed by atoms with Crippen LogP contribution in [0.15, 0.2) is 24.5 Å². The molecule has 5 nitrogen and oxygen atoms in total. The Balaban J connectivity index is 2.10. The number of rotatable bonds is 2. The van der Waals surface area contributed by atoms with E-state index in [4.69, 9.17) is 0 Å². The predicted octanol–water partition coefficient (Wildman–Crippen LogP) is -0.514. The Hall–Kier alpha value is -1.46. The van der Waals surface area contributed by atoms with Crippen LogP contribution in [0.4, 0.5) is 0 Å². The first-order valence-corrected chi connectivity index (χ1v) is 5.26. The van der Waals surface area contributed by atoms with Crippen LogP contribution >= 0.6 is 0 Å².